The van der Waals surface area contributed by atoms with Gasteiger partial charge in [0.25, 0.3) is 0 Å². The Bertz CT molecular complexity index is 795. The summed E-state index contributed by atoms with van der Waals surface area (Å²) < 4.78 is 13.7. The molecule has 0 saturated carbocycles. The van der Waals surface area contributed by atoms with Crippen LogP contribution in [0.15, 0.2) is 42.5 Å². The van der Waals surface area contributed by atoms with Crippen molar-refractivity contribution in [3.63, 3.8) is 0 Å². The van der Waals surface area contributed by atoms with E-state index in [0.29, 0.717) is 28.6 Å². The Morgan fingerprint density at radius 3 is 2.54 bits per heavy atom. The van der Waals surface area contributed by atoms with Gasteiger partial charge in [-0.05, 0) is 42.4 Å². The number of nitrogens with zero attached hydrogens (tertiary/aromatic N) is 2. The molecule has 2 aromatic carbocycles. The summed E-state index contributed by atoms with van der Waals surface area (Å²) in [7, 11) is 2.15. The van der Waals surface area contributed by atoms with Crippen LogP contribution < -0.4 is 10.2 Å². The van der Waals surface area contributed by atoms with E-state index in [2.05, 4.69) is 46.4 Å². The number of carbonyl (C=O) groups is 1. The molecule has 1 fully saturated rings. The highest BCUT2D eigenvalue weighted by atomic mass is 35.5. The molecule has 0 bridgehead atoms. The molecule has 2 aromatic rings. The van der Waals surface area contributed by atoms with Crippen LogP contribution in [0.1, 0.15) is 11.1 Å². The third kappa shape index (κ3) is 6.12. The fourth-order valence-electron chi connectivity index (χ4n) is 3.03. The highest BCUT2D eigenvalue weighted by molar-refractivity contribution is 7.99. The second kappa shape index (κ2) is 10.1. The first kappa shape index (κ1) is 21.0. The van der Waals surface area contributed by atoms with Crippen LogP contribution in [0.4, 0.5) is 10.1 Å². The van der Waals surface area contributed by atoms with Gasteiger partial charge < -0.3 is 15.1 Å². The summed E-state index contributed by atoms with van der Waals surface area (Å²) in [6.45, 7) is 4.73. The van der Waals surface area contributed by atoms with Gasteiger partial charge in [0.15, 0.2) is 0 Å². The summed E-state index contributed by atoms with van der Waals surface area (Å²) in [6.07, 6.45) is 0. The summed E-state index contributed by atoms with van der Waals surface area (Å²) in [6, 6.07) is 13.0. The molecule has 1 N–H and O–H groups in total. The van der Waals surface area contributed by atoms with E-state index in [9.17, 15) is 9.18 Å². The molecule has 1 amide bonds. The van der Waals surface area contributed by atoms with Gasteiger partial charge >= 0.3 is 0 Å². The van der Waals surface area contributed by atoms with Crippen LogP contribution in [0.3, 0.4) is 0 Å². The zero-order chi connectivity index (χ0) is 19.9. The fourth-order valence-corrected chi connectivity index (χ4v) is 4.04. The van der Waals surface area contributed by atoms with Crippen LogP contribution in [0.2, 0.25) is 5.02 Å². The van der Waals surface area contributed by atoms with E-state index >= 15 is 0 Å². The fraction of sp³-hybridized carbons (Fsp3) is 0.381. The van der Waals surface area contributed by atoms with Gasteiger partial charge in [-0.1, -0.05) is 29.8 Å². The Morgan fingerprint density at radius 1 is 1.14 bits per heavy atom. The number of halogens is 2. The molecule has 1 aliphatic heterocycles. The SMILES string of the molecule is CN1CCN(c2ccc(CNC(=O)CSCc3ccc(Cl)cc3F)cc2)CC1. The maximum atomic E-state index is 13.7. The number of carbonyl (C=O) groups excluding carboxylic acids is 1. The van der Waals surface area contributed by atoms with E-state index in [0.717, 1.165) is 31.7 Å². The van der Waals surface area contributed by atoms with Gasteiger partial charge in [0.05, 0.1) is 5.75 Å². The van der Waals surface area contributed by atoms with E-state index in [1.165, 1.54) is 23.5 Å². The number of piperazine rings is 1. The van der Waals surface area contributed by atoms with Crippen LogP contribution >= 0.6 is 23.4 Å². The summed E-state index contributed by atoms with van der Waals surface area (Å²) in [4.78, 5) is 16.7. The zero-order valence-electron chi connectivity index (χ0n) is 16.0. The van der Waals surface area contributed by atoms with E-state index in [1.807, 2.05) is 0 Å². The van der Waals surface area contributed by atoms with Gasteiger partial charge in [-0.2, -0.15) is 0 Å². The maximum absolute atomic E-state index is 13.7. The topological polar surface area (TPSA) is 35.6 Å². The molecule has 28 heavy (non-hydrogen) atoms. The Morgan fingerprint density at radius 2 is 1.86 bits per heavy atom. The zero-order valence-corrected chi connectivity index (χ0v) is 17.5. The number of benzene rings is 2. The lowest BCUT2D eigenvalue weighted by atomic mass is 10.2. The molecule has 0 radical (unpaired) electrons. The van der Waals surface area contributed by atoms with E-state index in [4.69, 9.17) is 11.6 Å². The van der Waals surface area contributed by atoms with Gasteiger partial charge in [-0.15, -0.1) is 11.8 Å². The summed E-state index contributed by atoms with van der Waals surface area (Å²) in [5.74, 6) is 0.348. The lowest BCUT2D eigenvalue weighted by Crippen LogP contribution is -2.44. The molecular formula is C21H25ClFN3OS. The van der Waals surface area contributed by atoms with Crippen molar-refractivity contribution in [1.82, 2.24) is 10.2 Å². The van der Waals surface area contributed by atoms with Crippen molar-refractivity contribution in [2.24, 2.45) is 0 Å². The smallest absolute Gasteiger partial charge is 0.230 e. The van der Waals surface area contributed by atoms with Crippen molar-refractivity contribution >= 4 is 35.0 Å². The van der Waals surface area contributed by atoms with Crippen molar-refractivity contribution in [2.75, 3.05) is 43.9 Å². The monoisotopic (exact) mass is 421 g/mol. The molecule has 1 heterocycles. The molecule has 0 atom stereocenters. The van der Waals surface area contributed by atoms with Gasteiger partial charge in [0.1, 0.15) is 5.82 Å². The minimum absolute atomic E-state index is 0.0532. The highest BCUT2D eigenvalue weighted by Gasteiger charge is 2.14. The number of hydrogen-bond donors (Lipinski definition) is 1. The van der Waals surface area contributed by atoms with Gasteiger partial charge in [0, 0.05) is 49.2 Å². The molecule has 0 unspecified atom stereocenters. The van der Waals surface area contributed by atoms with Crippen molar-refractivity contribution in [3.05, 3.63) is 64.4 Å². The van der Waals surface area contributed by atoms with Crippen molar-refractivity contribution in [3.8, 4) is 0 Å². The predicted octanol–water partition coefficient (Wildman–Crippen LogP) is 3.78. The average Bonchev–Trinajstić information content (AvgIpc) is 2.69. The molecule has 0 spiro atoms. The molecule has 1 aliphatic rings. The van der Waals surface area contributed by atoms with Gasteiger partial charge in [-0.3, -0.25) is 4.79 Å². The van der Waals surface area contributed by atoms with Crippen LogP contribution in [0, 0.1) is 5.82 Å². The van der Waals surface area contributed by atoms with Crippen molar-refractivity contribution < 1.29 is 9.18 Å². The average molecular weight is 422 g/mol. The number of amides is 1. The lowest BCUT2D eigenvalue weighted by molar-refractivity contribution is -0.118. The first-order valence-corrected chi connectivity index (χ1v) is 10.9. The number of anilines is 1. The Kier molecular flexibility index (Phi) is 7.59. The number of hydrogen-bond acceptors (Lipinski definition) is 4. The molecule has 0 aliphatic carbocycles. The summed E-state index contributed by atoms with van der Waals surface area (Å²) in [5.41, 5.74) is 2.85. The largest absolute Gasteiger partial charge is 0.369 e. The Labute approximate surface area is 175 Å². The molecular weight excluding hydrogens is 397 g/mol. The number of likely N-dealkylation sites (N-methyl/N-ethyl adjacent to an activating group) is 1. The molecule has 4 nitrogen and oxygen atoms in total. The molecule has 1 saturated heterocycles. The van der Waals surface area contributed by atoms with Crippen LogP contribution in [0.25, 0.3) is 0 Å². The minimum atomic E-state index is -0.333. The van der Waals surface area contributed by atoms with E-state index in [1.54, 1.807) is 12.1 Å². The number of thioether (sulfide) groups is 1. The Balaban J connectivity index is 1.39. The van der Waals surface area contributed by atoms with Crippen LogP contribution in [-0.2, 0) is 17.1 Å². The third-order valence-electron chi connectivity index (χ3n) is 4.80. The first-order chi connectivity index (χ1) is 13.5. The van der Waals surface area contributed by atoms with Crippen molar-refractivity contribution in [2.45, 2.75) is 12.3 Å². The van der Waals surface area contributed by atoms with E-state index in [-0.39, 0.29) is 11.7 Å². The Hall–Kier alpha value is -1.76. The van der Waals surface area contributed by atoms with Gasteiger partial charge in [-0.25, -0.2) is 4.39 Å². The standard InChI is InChI=1S/C21H25ClFN3OS/c1-25-8-10-26(11-9-25)19-6-2-16(3-7-19)13-24-21(27)15-28-14-17-4-5-18(22)12-20(17)23/h2-7,12H,8-11,13-15H2,1H3,(H,24,27). The highest BCUT2D eigenvalue weighted by Crippen LogP contribution is 2.20. The molecule has 0 aromatic heterocycles. The predicted molar refractivity (Wildman–Crippen MR) is 116 cm³/mol. The molecule has 7 heteroatoms. The van der Waals surface area contributed by atoms with Gasteiger partial charge in [0.2, 0.25) is 5.91 Å². The lowest BCUT2D eigenvalue weighted by Gasteiger charge is -2.34. The number of rotatable bonds is 7. The van der Waals surface area contributed by atoms with E-state index < -0.39 is 0 Å². The molecule has 3 rings (SSSR count). The summed E-state index contributed by atoms with van der Waals surface area (Å²) >= 11 is 7.13. The summed E-state index contributed by atoms with van der Waals surface area (Å²) in [5, 5.41) is 3.30. The quantitative estimate of drug-likeness (QED) is 0.738. The minimum Gasteiger partial charge on any atom is -0.369 e. The maximum Gasteiger partial charge on any atom is 0.230 e. The second-order valence-electron chi connectivity index (χ2n) is 6.96. The first-order valence-electron chi connectivity index (χ1n) is 9.32. The molecule has 150 valence electrons. The third-order valence-corrected chi connectivity index (χ3v) is 6.02. The number of nitrogens with one attached hydrogen (secondary N) is 1. The van der Waals surface area contributed by atoms with Crippen molar-refractivity contribution in [1.29, 1.82) is 0 Å². The normalized spacial score (nSPS) is 14.9. The van der Waals surface area contributed by atoms with Crippen LogP contribution in [0.5, 0.6) is 0 Å². The second-order valence-corrected chi connectivity index (χ2v) is 8.38. The van der Waals surface area contributed by atoms with Crippen LogP contribution in [-0.4, -0.2) is 49.8 Å².